The van der Waals surface area contributed by atoms with Gasteiger partial charge in [-0.3, -0.25) is 0 Å². The van der Waals surface area contributed by atoms with Crippen molar-refractivity contribution in [2.75, 3.05) is 5.73 Å². The molecule has 3 heterocycles. The van der Waals surface area contributed by atoms with Crippen LogP contribution in [0.3, 0.4) is 0 Å². The highest BCUT2D eigenvalue weighted by Gasteiger charge is 2.28. The highest BCUT2D eigenvalue weighted by Crippen LogP contribution is 2.39. The molecule has 0 bridgehead atoms. The molecular weight excluding hydrogens is 342 g/mol. The second-order valence-corrected chi connectivity index (χ2v) is 8.37. The van der Waals surface area contributed by atoms with Gasteiger partial charge in [0.1, 0.15) is 16.5 Å². The van der Waals surface area contributed by atoms with E-state index >= 15 is 0 Å². The van der Waals surface area contributed by atoms with Crippen LogP contribution in [0, 0.1) is 0 Å². The largest absolute Gasteiger partial charge is 0.383 e. The van der Waals surface area contributed by atoms with Crippen molar-refractivity contribution in [2.45, 2.75) is 55.5 Å². The van der Waals surface area contributed by atoms with Crippen molar-refractivity contribution in [3.8, 4) is 0 Å². The summed E-state index contributed by atoms with van der Waals surface area (Å²) in [6.45, 7) is 0. The number of thioether (sulfide) groups is 1. The van der Waals surface area contributed by atoms with E-state index in [0.29, 0.717) is 17.6 Å². The molecule has 0 atom stereocenters. The number of nitrogens with zero attached hydrogens (tertiary/aromatic N) is 6. The van der Waals surface area contributed by atoms with Crippen molar-refractivity contribution in [1.29, 1.82) is 0 Å². The van der Waals surface area contributed by atoms with Crippen LogP contribution in [0.1, 0.15) is 48.0 Å². The van der Waals surface area contributed by atoms with E-state index in [9.17, 15) is 0 Å². The summed E-state index contributed by atoms with van der Waals surface area (Å²) >= 11 is 3.36. The maximum Gasteiger partial charge on any atom is 0.210 e. The molecule has 0 spiro atoms. The fourth-order valence-electron chi connectivity index (χ4n) is 3.25. The standard InChI is InChI=1S/C15H17N7S2/c16-13-12-9-3-1-2-4-10(9)24-14(12)18-11(17-13)7-23-15-19-20-21-22(15)8-5-6-8/h8H,1-7H2,(H2,16,17,18). The maximum absolute atomic E-state index is 6.26. The summed E-state index contributed by atoms with van der Waals surface area (Å²) < 4.78 is 1.91. The molecular formula is C15H17N7S2. The Bertz CT molecular complexity index is 912. The molecule has 24 heavy (non-hydrogen) atoms. The molecule has 2 aliphatic carbocycles. The van der Waals surface area contributed by atoms with E-state index in [1.54, 1.807) is 23.1 Å². The molecule has 0 saturated heterocycles. The van der Waals surface area contributed by atoms with E-state index < -0.39 is 0 Å². The molecule has 5 rings (SSSR count). The predicted octanol–water partition coefficient (Wildman–Crippen LogP) is 2.77. The van der Waals surface area contributed by atoms with Gasteiger partial charge in [0.25, 0.3) is 0 Å². The van der Waals surface area contributed by atoms with E-state index in [4.69, 9.17) is 10.7 Å². The van der Waals surface area contributed by atoms with Crippen LogP contribution >= 0.6 is 23.1 Å². The Morgan fingerprint density at radius 1 is 1.21 bits per heavy atom. The minimum Gasteiger partial charge on any atom is -0.383 e. The Labute approximate surface area is 147 Å². The Kier molecular flexibility index (Phi) is 3.44. The van der Waals surface area contributed by atoms with E-state index in [1.165, 1.54) is 23.3 Å². The summed E-state index contributed by atoms with van der Waals surface area (Å²) in [7, 11) is 0. The topological polar surface area (TPSA) is 95.4 Å². The Morgan fingerprint density at radius 3 is 2.96 bits per heavy atom. The minimum absolute atomic E-state index is 0.472. The molecule has 2 N–H and O–H groups in total. The highest BCUT2D eigenvalue weighted by atomic mass is 32.2. The number of nitrogen functional groups attached to an aromatic ring is 1. The van der Waals surface area contributed by atoms with Crippen LogP contribution in [0.25, 0.3) is 10.2 Å². The van der Waals surface area contributed by atoms with Gasteiger partial charge >= 0.3 is 0 Å². The predicted molar refractivity (Wildman–Crippen MR) is 94.1 cm³/mol. The lowest BCUT2D eigenvalue weighted by Crippen LogP contribution is -2.03. The van der Waals surface area contributed by atoms with Crippen LogP contribution in [0.4, 0.5) is 5.82 Å². The molecule has 1 saturated carbocycles. The van der Waals surface area contributed by atoms with Crippen molar-refractivity contribution >= 4 is 39.1 Å². The summed E-state index contributed by atoms with van der Waals surface area (Å²) in [5, 5.41) is 13.9. The van der Waals surface area contributed by atoms with E-state index in [-0.39, 0.29) is 0 Å². The van der Waals surface area contributed by atoms with E-state index in [1.807, 2.05) is 4.68 Å². The lowest BCUT2D eigenvalue weighted by molar-refractivity contribution is 0.565. The summed E-state index contributed by atoms with van der Waals surface area (Å²) in [5.41, 5.74) is 7.65. The summed E-state index contributed by atoms with van der Waals surface area (Å²) in [6.07, 6.45) is 7.08. The maximum atomic E-state index is 6.26. The van der Waals surface area contributed by atoms with Crippen molar-refractivity contribution in [1.82, 2.24) is 30.2 Å². The quantitative estimate of drug-likeness (QED) is 0.716. The fourth-order valence-corrected chi connectivity index (χ4v) is 5.34. The van der Waals surface area contributed by atoms with Gasteiger partial charge in [-0.2, -0.15) is 0 Å². The molecule has 0 unspecified atom stereocenters. The molecule has 0 aliphatic heterocycles. The number of hydrogen-bond acceptors (Lipinski definition) is 8. The molecule has 9 heteroatoms. The van der Waals surface area contributed by atoms with E-state index in [2.05, 4.69) is 20.5 Å². The molecule has 3 aromatic heterocycles. The first-order valence-corrected chi connectivity index (χ1v) is 10.1. The third-order valence-corrected chi connectivity index (χ3v) is 6.69. The van der Waals surface area contributed by atoms with Crippen LogP contribution in [0.15, 0.2) is 5.16 Å². The van der Waals surface area contributed by atoms with Crippen LogP contribution in [0.2, 0.25) is 0 Å². The molecule has 0 radical (unpaired) electrons. The monoisotopic (exact) mass is 359 g/mol. The number of rotatable bonds is 4. The zero-order valence-corrected chi connectivity index (χ0v) is 14.7. The molecule has 3 aromatic rings. The van der Waals surface area contributed by atoms with Gasteiger partial charge in [-0.05, 0) is 54.5 Å². The molecule has 2 aliphatic rings. The number of aromatic nitrogens is 6. The second kappa shape index (κ2) is 5.66. The zero-order chi connectivity index (χ0) is 16.1. The third kappa shape index (κ3) is 2.46. The fraction of sp³-hybridized carbons (Fsp3) is 0.533. The number of aryl methyl sites for hydroxylation is 2. The summed E-state index contributed by atoms with van der Waals surface area (Å²) in [6, 6.07) is 0.472. The smallest absolute Gasteiger partial charge is 0.210 e. The van der Waals surface area contributed by atoms with Crippen molar-refractivity contribution < 1.29 is 0 Å². The van der Waals surface area contributed by atoms with Gasteiger partial charge in [0.05, 0.1) is 17.2 Å². The second-order valence-electron chi connectivity index (χ2n) is 6.34. The number of hydrogen-bond donors (Lipinski definition) is 1. The molecule has 1 fully saturated rings. The molecule has 0 aromatic carbocycles. The number of tetrazole rings is 1. The van der Waals surface area contributed by atoms with Gasteiger partial charge in [0.2, 0.25) is 5.16 Å². The van der Waals surface area contributed by atoms with Crippen molar-refractivity contribution in [3.63, 3.8) is 0 Å². The van der Waals surface area contributed by atoms with Gasteiger partial charge in [-0.25, -0.2) is 14.6 Å². The van der Waals surface area contributed by atoms with Crippen LogP contribution < -0.4 is 5.73 Å². The van der Waals surface area contributed by atoms with Crippen LogP contribution in [-0.2, 0) is 18.6 Å². The SMILES string of the molecule is Nc1nc(CSc2nnnn2C2CC2)nc2sc3c(c12)CCCC3. The third-order valence-electron chi connectivity index (χ3n) is 4.57. The lowest BCUT2D eigenvalue weighted by Gasteiger charge is -2.10. The zero-order valence-electron chi connectivity index (χ0n) is 13.1. The Hall–Kier alpha value is -1.74. The van der Waals surface area contributed by atoms with Gasteiger partial charge in [-0.1, -0.05) is 11.8 Å². The lowest BCUT2D eigenvalue weighted by atomic mass is 9.97. The molecule has 7 nitrogen and oxygen atoms in total. The molecule has 0 amide bonds. The van der Waals surface area contributed by atoms with Gasteiger partial charge in [0.15, 0.2) is 0 Å². The van der Waals surface area contributed by atoms with Crippen LogP contribution in [-0.4, -0.2) is 30.2 Å². The van der Waals surface area contributed by atoms with Crippen molar-refractivity contribution in [3.05, 3.63) is 16.3 Å². The first-order chi connectivity index (χ1) is 11.8. The number of anilines is 1. The first kappa shape index (κ1) is 14.6. The van der Waals surface area contributed by atoms with E-state index in [0.717, 1.165) is 46.9 Å². The average Bonchev–Trinajstić information content (AvgIpc) is 3.19. The Balaban J connectivity index is 1.43. The van der Waals surface area contributed by atoms with Crippen LogP contribution in [0.5, 0.6) is 0 Å². The van der Waals surface area contributed by atoms with Gasteiger partial charge in [-0.15, -0.1) is 16.4 Å². The number of thiophene rings is 1. The van der Waals surface area contributed by atoms with Gasteiger partial charge < -0.3 is 5.73 Å². The average molecular weight is 359 g/mol. The van der Waals surface area contributed by atoms with Crippen molar-refractivity contribution in [2.24, 2.45) is 0 Å². The first-order valence-electron chi connectivity index (χ1n) is 8.27. The van der Waals surface area contributed by atoms with Gasteiger partial charge in [0, 0.05) is 4.88 Å². The summed E-state index contributed by atoms with van der Waals surface area (Å²) in [4.78, 5) is 11.8. The normalized spacial score (nSPS) is 17.3. The number of fused-ring (bicyclic) bond motifs is 3. The molecule has 124 valence electrons. The minimum atomic E-state index is 0.472. The number of nitrogens with two attached hydrogens (primary N) is 1. The summed E-state index contributed by atoms with van der Waals surface area (Å²) in [5.74, 6) is 2.02. The Morgan fingerprint density at radius 2 is 2.08 bits per heavy atom. The highest BCUT2D eigenvalue weighted by molar-refractivity contribution is 7.98.